The van der Waals surface area contributed by atoms with Gasteiger partial charge >= 0.3 is 0 Å². The molecule has 1 aromatic heterocycles. The van der Waals surface area contributed by atoms with Crippen molar-refractivity contribution < 1.29 is 0 Å². The molecule has 0 radical (unpaired) electrons. The molecule has 102 valence electrons. The van der Waals surface area contributed by atoms with Crippen LogP contribution in [0, 0.1) is 5.92 Å². The standard InChI is InChI=1S/C16H18BrClS/c1-3-11(2)15(12-7-5-4-6-8-12)16(18)13-9-10-14(17)19-13/h4-11,15-16H,3H2,1-2H3. The van der Waals surface area contributed by atoms with Crippen molar-refractivity contribution in [3.63, 3.8) is 0 Å². The van der Waals surface area contributed by atoms with E-state index >= 15 is 0 Å². The summed E-state index contributed by atoms with van der Waals surface area (Å²) in [4.78, 5) is 1.24. The zero-order chi connectivity index (χ0) is 13.8. The van der Waals surface area contributed by atoms with E-state index < -0.39 is 0 Å². The molecule has 0 aliphatic rings. The molecule has 0 fully saturated rings. The fraction of sp³-hybridized carbons (Fsp3) is 0.375. The van der Waals surface area contributed by atoms with Crippen LogP contribution in [-0.2, 0) is 0 Å². The molecule has 3 unspecified atom stereocenters. The molecule has 2 rings (SSSR count). The van der Waals surface area contributed by atoms with Gasteiger partial charge in [0.2, 0.25) is 0 Å². The van der Waals surface area contributed by atoms with Crippen molar-refractivity contribution in [1.82, 2.24) is 0 Å². The molecule has 3 atom stereocenters. The van der Waals surface area contributed by atoms with E-state index in [2.05, 4.69) is 72.2 Å². The Hall–Kier alpha value is -0.310. The Morgan fingerprint density at radius 1 is 1.16 bits per heavy atom. The highest BCUT2D eigenvalue weighted by molar-refractivity contribution is 9.11. The second-order valence-electron chi connectivity index (χ2n) is 4.87. The van der Waals surface area contributed by atoms with Gasteiger partial charge < -0.3 is 0 Å². The number of alkyl halides is 1. The van der Waals surface area contributed by atoms with E-state index in [0.29, 0.717) is 11.8 Å². The van der Waals surface area contributed by atoms with Gasteiger partial charge in [-0.05, 0) is 39.5 Å². The van der Waals surface area contributed by atoms with E-state index in [1.54, 1.807) is 11.3 Å². The number of thiophene rings is 1. The molecule has 0 bridgehead atoms. The van der Waals surface area contributed by atoms with E-state index in [-0.39, 0.29) is 5.38 Å². The third-order valence-corrected chi connectivity index (χ3v) is 5.97. The molecular formula is C16H18BrClS. The SMILES string of the molecule is CCC(C)C(c1ccccc1)C(Cl)c1ccc(Br)s1. The number of benzene rings is 1. The van der Waals surface area contributed by atoms with Gasteiger partial charge in [-0.1, -0.05) is 50.6 Å². The Kier molecular flexibility index (Phi) is 5.49. The summed E-state index contributed by atoms with van der Waals surface area (Å²) in [5, 5.41) is 0.0358. The number of hydrogen-bond acceptors (Lipinski definition) is 1. The molecule has 0 spiro atoms. The summed E-state index contributed by atoms with van der Waals surface area (Å²) in [6, 6.07) is 14.8. The van der Waals surface area contributed by atoms with Crippen LogP contribution < -0.4 is 0 Å². The van der Waals surface area contributed by atoms with Gasteiger partial charge in [-0.15, -0.1) is 22.9 Å². The van der Waals surface area contributed by atoms with Gasteiger partial charge in [0.05, 0.1) is 9.16 Å². The van der Waals surface area contributed by atoms with E-state index in [1.165, 1.54) is 10.4 Å². The topological polar surface area (TPSA) is 0 Å². The highest BCUT2D eigenvalue weighted by Crippen LogP contribution is 2.45. The van der Waals surface area contributed by atoms with E-state index in [0.717, 1.165) is 10.2 Å². The first-order valence-electron chi connectivity index (χ1n) is 6.57. The Morgan fingerprint density at radius 3 is 2.37 bits per heavy atom. The van der Waals surface area contributed by atoms with Crippen LogP contribution in [0.25, 0.3) is 0 Å². The maximum Gasteiger partial charge on any atom is 0.0749 e. The molecular weight excluding hydrogens is 340 g/mol. The molecule has 19 heavy (non-hydrogen) atoms. The van der Waals surface area contributed by atoms with Gasteiger partial charge in [0.15, 0.2) is 0 Å². The van der Waals surface area contributed by atoms with Gasteiger partial charge in [-0.2, -0.15) is 0 Å². The Balaban J connectivity index is 2.33. The highest BCUT2D eigenvalue weighted by Gasteiger charge is 2.28. The summed E-state index contributed by atoms with van der Waals surface area (Å²) >= 11 is 12.0. The van der Waals surface area contributed by atoms with Crippen molar-refractivity contribution in [2.75, 3.05) is 0 Å². The van der Waals surface area contributed by atoms with Crippen molar-refractivity contribution in [3.8, 4) is 0 Å². The van der Waals surface area contributed by atoms with Crippen molar-refractivity contribution in [1.29, 1.82) is 0 Å². The summed E-state index contributed by atoms with van der Waals surface area (Å²) in [5.74, 6) is 0.921. The van der Waals surface area contributed by atoms with Gasteiger partial charge in [0.1, 0.15) is 0 Å². The maximum atomic E-state index is 6.78. The largest absolute Gasteiger partial charge is 0.132 e. The van der Waals surface area contributed by atoms with Gasteiger partial charge in [0.25, 0.3) is 0 Å². The first kappa shape index (κ1) is 15.1. The zero-order valence-electron chi connectivity index (χ0n) is 11.1. The molecule has 1 aromatic carbocycles. The zero-order valence-corrected chi connectivity index (χ0v) is 14.3. The summed E-state index contributed by atoms with van der Waals surface area (Å²) in [7, 11) is 0. The fourth-order valence-corrected chi connectivity index (χ4v) is 4.42. The fourth-order valence-electron chi connectivity index (χ4n) is 2.37. The van der Waals surface area contributed by atoms with Crippen LogP contribution in [0.1, 0.15) is 42.0 Å². The average molecular weight is 358 g/mol. The maximum absolute atomic E-state index is 6.78. The molecule has 0 aliphatic carbocycles. The monoisotopic (exact) mass is 356 g/mol. The highest BCUT2D eigenvalue weighted by atomic mass is 79.9. The van der Waals surface area contributed by atoms with Gasteiger partial charge in [-0.25, -0.2) is 0 Å². The Bertz CT molecular complexity index is 508. The Labute approximate surface area is 132 Å². The quantitative estimate of drug-likeness (QED) is 0.527. The van der Waals surface area contributed by atoms with E-state index in [4.69, 9.17) is 11.6 Å². The number of rotatable bonds is 5. The molecule has 0 aliphatic heterocycles. The first-order valence-corrected chi connectivity index (χ1v) is 8.62. The predicted octanol–water partition coefficient (Wildman–Crippen LogP) is 6.62. The van der Waals surface area contributed by atoms with Crippen LogP contribution in [0.3, 0.4) is 0 Å². The minimum absolute atomic E-state index is 0.0358. The van der Waals surface area contributed by atoms with Crippen LogP contribution >= 0.6 is 38.9 Å². The molecule has 3 heteroatoms. The lowest BCUT2D eigenvalue weighted by Gasteiger charge is -2.27. The third-order valence-electron chi connectivity index (χ3n) is 3.62. The van der Waals surface area contributed by atoms with E-state index in [1.807, 2.05) is 0 Å². The molecule has 1 heterocycles. The van der Waals surface area contributed by atoms with Gasteiger partial charge in [-0.3, -0.25) is 0 Å². The molecule has 0 nitrogen and oxygen atoms in total. The first-order chi connectivity index (χ1) is 9.13. The van der Waals surface area contributed by atoms with Crippen LogP contribution in [0.2, 0.25) is 0 Å². The minimum Gasteiger partial charge on any atom is -0.132 e. The molecule has 0 amide bonds. The molecule has 0 saturated heterocycles. The van der Waals surface area contributed by atoms with E-state index in [9.17, 15) is 0 Å². The van der Waals surface area contributed by atoms with Crippen molar-refractivity contribution in [2.45, 2.75) is 31.6 Å². The van der Waals surface area contributed by atoms with Crippen molar-refractivity contribution >= 4 is 38.9 Å². The lowest BCUT2D eigenvalue weighted by atomic mass is 9.82. The van der Waals surface area contributed by atoms with Crippen LogP contribution in [-0.4, -0.2) is 0 Å². The average Bonchev–Trinajstić information content (AvgIpc) is 2.86. The second-order valence-corrected chi connectivity index (χ2v) is 7.83. The van der Waals surface area contributed by atoms with Crippen molar-refractivity contribution in [3.05, 3.63) is 56.7 Å². The molecule has 0 N–H and O–H groups in total. The van der Waals surface area contributed by atoms with Crippen LogP contribution in [0.5, 0.6) is 0 Å². The van der Waals surface area contributed by atoms with Crippen LogP contribution in [0.15, 0.2) is 46.3 Å². The number of halogens is 2. The Morgan fingerprint density at radius 2 is 1.84 bits per heavy atom. The predicted molar refractivity (Wildman–Crippen MR) is 89.3 cm³/mol. The summed E-state index contributed by atoms with van der Waals surface area (Å²) in [6.45, 7) is 4.52. The summed E-state index contributed by atoms with van der Waals surface area (Å²) in [5.41, 5.74) is 1.33. The molecule has 0 saturated carbocycles. The lowest BCUT2D eigenvalue weighted by molar-refractivity contribution is 0.436. The summed E-state index contributed by atoms with van der Waals surface area (Å²) in [6.07, 6.45) is 1.13. The summed E-state index contributed by atoms with van der Waals surface area (Å²) < 4.78 is 1.14. The van der Waals surface area contributed by atoms with Gasteiger partial charge in [0, 0.05) is 10.8 Å². The lowest BCUT2D eigenvalue weighted by Crippen LogP contribution is -2.14. The second kappa shape index (κ2) is 6.92. The number of hydrogen-bond donors (Lipinski definition) is 0. The molecule has 2 aromatic rings. The van der Waals surface area contributed by atoms with Crippen LogP contribution in [0.4, 0.5) is 0 Å². The normalized spacial score (nSPS) is 16.0. The smallest absolute Gasteiger partial charge is 0.0749 e. The minimum atomic E-state index is 0.0358. The third kappa shape index (κ3) is 3.62. The van der Waals surface area contributed by atoms with Crippen molar-refractivity contribution in [2.24, 2.45) is 5.92 Å².